The van der Waals surface area contributed by atoms with E-state index in [9.17, 15) is 19.8 Å². The predicted octanol–water partition coefficient (Wildman–Crippen LogP) is 2.60. The second-order valence-electron chi connectivity index (χ2n) is 6.22. The summed E-state index contributed by atoms with van der Waals surface area (Å²) >= 11 is 0. The molecule has 4 N–H and O–H groups in total. The van der Waals surface area contributed by atoms with Crippen LogP contribution in [0, 0.1) is 5.92 Å². The summed E-state index contributed by atoms with van der Waals surface area (Å²) in [5.41, 5.74) is 4.44. The molecule has 7 heteroatoms. The van der Waals surface area contributed by atoms with Gasteiger partial charge in [-0.2, -0.15) is 5.10 Å². The van der Waals surface area contributed by atoms with E-state index >= 15 is 0 Å². The van der Waals surface area contributed by atoms with Gasteiger partial charge in [0, 0.05) is 23.2 Å². The molecule has 0 aromatic heterocycles. The number of phenols is 2. The Balaban J connectivity index is 1.68. The van der Waals surface area contributed by atoms with Crippen LogP contribution in [0.3, 0.4) is 0 Å². The number of aromatic hydroxyl groups is 2. The topological polar surface area (TPSA) is 111 Å². The highest BCUT2D eigenvalue weighted by atomic mass is 16.3. The average molecular weight is 353 g/mol. The zero-order chi connectivity index (χ0) is 18.7. The van der Waals surface area contributed by atoms with Gasteiger partial charge in [0.25, 0.3) is 5.91 Å². The zero-order valence-corrected chi connectivity index (χ0v) is 14.2. The third kappa shape index (κ3) is 4.38. The lowest BCUT2D eigenvalue weighted by Gasteiger charge is -2.07. The predicted molar refractivity (Wildman–Crippen MR) is 97.2 cm³/mol. The van der Waals surface area contributed by atoms with Gasteiger partial charge in [0.1, 0.15) is 11.5 Å². The van der Waals surface area contributed by atoms with Gasteiger partial charge < -0.3 is 15.5 Å². The van der Waals surface area contributed by atoms with Crippen LogP contribution in [0.2, 0.25) is 0 Å². The molecule has 134 valence electrons. The van der Waals surface area contributed by atoms with Gasteiger partial charge in [-0.3, -0.25) is 9.59 Å². The first-order valence-corrected chi connectivity index (χ1v) is 8.21. The first-order valence-electron chi connectivity index (χ1n) is 8.21. The lowest BCUT2D eigenvalue weighted by Crippen LogP contribution is -2.19. The average Bonchev–Trinajstić information content (AvgIpc) is 3.44. The number of hydrogen-bond donors (Lipinski definition) is 4. The van der Waals surface area contributed by atoms with Gasteiger partial charge >= 0.3 is 0 Å². The lowest BCUT2D eigenvalue weighted by atomic mass is 10.1. The summed E-state index contributed by atoms with van der Waals surface area (Å²) in [6.45, 7) is 1.72. The van der Waals surface area contributed by atoms with Crippen molar-refractivity contribution in [2.75, 3.05) is 5.32 Å². The van der Waals surface area contributed by atoms with Crippen LogP contribution in [0.1, 0.15) is 35.7 Å². The summed E-state index contributed by atoms with van der Waals surface area (Å²) in [5, 5.41) is 25.8. The summed E-state index contributed by atoms with van der Waals surface area (Å²) in [5.74, 6) is -0.848. The molecule has 3 rings (SSSR count). The van der Waals surface area contributed by atoms with E-state index in [1.807, 2.05) is 6.07 Å². The first kappa shape index (κ1) is 17.5. The molecule has 2 amide bonds. The fourth-order valence-electron chi connectivity index (χ4n) is 2.40. The maximum absolute atomic E-state index is 12.1. The van der Waals surface area contributed by atoms with Crippen LogP contribution >= 0.6 is 0 Å². The van der Waals surface area contributed by atoms with Crippen LogP contribution in [-0.4, -0.2) is 27.7 Å². The summed E-state index contributed by atoms with van der Waals surface area (Å²) in [7, 11) is 0. The highest BCUT2D eigenvalue weighted by molar-refractivity contribution is 6.02. The van der Waals surface area contributed by atoms with Crippen LogP contribution in [0.5, 0.6) is 11.5 Å². The molecule has 1 saturated carbocycles. The monoisotopic (exact) mass is 353 g/mol. The van der Waals surface area contributed by atoms with Crippen molar-refractivity contribution in [3.63, 3.8) is 0 Å². The molecule has 0 spiro atoms. The molecule has 0 radical (unpaired) electrons. The third-order valence-corrected chi connectivity index (χ3v) is 3.99. The van der Waals surface area contributed by atoms with Crippen molar-refractivity contribution in [3.05, 3.63) is 53.6 Å². The number of anilines is 1. The van der Waals surface area contributed by atoms with Crippen molar-refractivity contribution in [1.82, 2.24) is 5.43 Å². The summed E-state index contributed by atoms with van der Waals surface area (Å²) in [4.78, 5) is 23.9. The second kappa shape index (κ2) is 7.26. The van der Waals surface area contributed by atoms with Gasteiger partial charge in [-0.05, 0) is 49.6 Å². The Morgan fingerprint density at radius 1 is 1.04 bits per heavy atom. The fraction of sp³-hybridized carbons (Fsp3) is 0.211. The molecular formula is C19H19N3O4. The number of benzene rings is 2. The van der Waals surface area contributed by atoms with Gasteiger partial charge in [0.15, 0.2) is 0 Å². The normalized spacial score (nSPS) is 14.0. The van der Waals surface area contributed by atoms with E-state index in [0.29, 0.717) is 11.4 Å². The Labute approximate surface area is 150 Å². The number of rotatable bonds is 5. The van der Waals surface area contributed by atoms with E-state index in [1.165, 1.54) is 12.1 Å². The number of carbonyl (C=O) groups is 2. The van der Waals surface area contributed by atoms with Crippen LogP contribution in [-0.2, 0) is 4.79 Å². The summed E-state index contributed by atoms with van der Waals surface area (Å²) < 4.78 is 0. The molecule has 1 aliphatic carbocycles. The van der Waals surface area contributed by atoms with Crippen LogP contribution < -0.4 is 10.7 Å². The number of amides is 2. The lowest BCUT2D eigenvalue weighted by molar-refractivity contribution is -0.117. The Morgan fingerprint density at radius 3 is 2.38 bits per heavy atom. The van der Waals surface area contributed by atoms with Gasteiger partial charge in [-0.15, -0.1) is 0 Å². The number of hydrogen-bond acceptors (Lipinski definition) is 5. The molecule has 0 bridgehead atoms. The molecule has 26 heavy (non-hydrogen) atoms. The molecular weight excluding hydrogens is 334 g/mol. The Bertz CT molecular complexity index is 868. The standard InChI is InChI=1S/C19H19N3O4/c1-11(21-22-19(26)14-8-16(23)10-17(24)9-14)13-3-2-4-15(7-13)20-18(25)12-5-6-12/h2-4,7-10,12,23-24H,5-6H2,1H3,(H,20,25)(H,22,26). The zero-order valence-electron chi connectivity index (χ0n) is 14.2. The van der Waals surface area contributed by atoms with Crippen molar-refractivity contribution in [2.24, 2.45) is 11.0 Å². The summed E-state index contributed by atoms with van der Waals surface area (Å²) in [6.07, 6.45) is 1.87. The molecule has 2 aromatic rings. The van der Waals surface area contributed by atoms with E-state index in [2.05, 4.69) is 15.8 Å². The van der Waals surface area contributed by atoms with Crippen LogP contribution in [0.25, 0.3) is 0 Å². The molecule has 0 heterocycles. The van der Waals surface area contributed by atoms with Gasteiger partial charge in [0.2, 0.25) is 5.91 Å². The van der Waals surface area contributed by atoms with E-state index in [1.54, 1.807) is 25.1 Å². The number of nitrogens with one attached hydrogen (secondary N) is 2. The molecule has 7 nitrogen and oxygen atoms in total. The number of hydrazone groups is 1. The Kier molecular flexibility index (Phi) is 4.88. The minimum atomic E-state index is -0.561. The SMILES string of the molecule is CC(=NNC(=O)c1cc(O)cc(O)c1)c1cccc(NC(=O)C2CC2)c1. The number of carbonyl (C=O) groups excluding carboxylic acids is 2. The second-order valence-corrected chi connectivity index (χ2v) is 6.22. The van der Waals surface area contributed by atoms with Crippen molar-refractivity contribution in [1.29, 1.82) is 0 Å². The molecule has 0 aliphatic heterocycles. The fourth-order valence-corrected chi connectivity index (χ4v) is 2.40. The first-order chi connectivity index (χ1) is 12.4. The molecule has 1 aliphatic rings. The van der Waals surface area contributed by atoms with Crippen molar-refractivity contribution in [2.45, 2.75) is 19.8 Å². The van der Waals surface area contributed by atoms with Gasteiger partial charge in [-0.1, -0.05) is 12.1 Å². The quantitative estimate of drug-likeness (QED) is 0.489. The Morgan fingerprint density at radius 2 is 1.73 bits per heavy atom. The van der Waals surface area contributed by atoms with E-state index in [0.717, 1.165) is 24.5 Å². The number of phenolic OH excluding ortho intramolecular Hbond substituents is 2. The minimum absolute atomic E-state index is 0.0220. The summed E-state index contributed by atoms with van der Waals surface area (Å²) in [6, 6.07) is 10.8. The highest BCUT2D eigenvalue weighted by Crippen LogP contribution is 2.30. The van der Waals surface area contributed by atoms with E-state index < -0.39 is 5.91 Å². The molecule has 0 unspecified atom stereocenters. The van der Waals surface area contributed by atoms with Gasteiger partial charge in [-0.25, -0.2) is 5.43 Å². The molecule has 2 aromatic carbocycles. The maximum Gasteiger partial charge on any atom is 0.271 e. The van der Waals surface area contributed by atoms with Crippen molar-refractivity contribution in [3.8, 4) is 11.5 Å². The van der Waals surface area contributed by atoms with Gasteiger partial charge in [0.05, 0.1) is 5.71 Å². The molecule has 0 atom stereocenters. The van der Waals surface area contributed by atoms with E-state index in [-0.39, 0.29) is 28.9 Å². The molecule has 0 saturated heterocycles. The minimum Gasteiger partial charge on any atom is -0.508 e. The van der Waals surface area contributed by atoms with Crippen LogP contribution in [0.15, 0.2) is 47.6 Å². The largest absolute Gasteiger partial charge is 0.508 e. The molecule has 1 fully saturated rings. The maximum atomic E-state index is 12.1. The smallest absolute Gasteiger partial charge is 0.271 e. The highest BCUT2D eigenvalue weighted by Gasteiger charge is 2.29. The Hall–Kier alpha value is -3.35. The van der Waals surface area contributed by atoms with Crippen molar-refractivity contribution >= 4 is 23.2 Å². The number of nitrogens with zero attached hydrogens (tertiary/aromatic N) is 1. The van der Waals surface area contributed by atoms with Crippen molar-refractivity contribution < 1.29 is 19.8 Å². The third-order valence-electron chi connectivity index (χ3n) is 3.99. The van der Waals surface area contributed by atoms with E-state index in [4.69, 9.17) is 0 Å². The van der Waals surface area contributed by atoms with Crippen LogP contribution in [0.4, 0.5) is 5.69 Å².